The molecular formula is C21H16N2O4S. The first-order valence-electron chi connectivity index (χ1n) is 8.57. The predicted molar refractivity (Wildman–Crippen MR) is 109 cm³/mol. The maximum Gasteiger partial charge on any atom is 0.270 e. The Morgan fingerprint density at radius 1 is 1.04 bits per heavy atom. The highest BCUT2D eigenvalue weighted by molar-refractivity contribution is 7.80. The maximum atomic E-state index is 13.2. The molecule has 0 N–H and O–H groups in total. The largest absolute Gasteiger partial charge is 0.454 e. The standard InChI is InChI=1S/C21H16N2O4S/c1-2-10-22-19(24)16(11-14-8-9-17-18(12-14)27-13-26-17)20(25)23(21(22)28)15-6-4-3-5-7-15/h2-9,11-12H,1,10,13H2/b16-11+. The normalized spacial score (nSPS) is 17.4. The molecule has 0 atom stereocenters. The summed E-state index contributed by atoms with van der Waals surface area (Å²) < 4.78 is 10.7. The van der Waals surface area contributed by atoms with E-state index in [1.54, 1.807) is 54.6 Å². The number of anilines is 1. The van der Waals surface area contributed by atoms with E-state index < -0.39 is 11.8 Å². The van der Waals surface area contributed by atoms with Crippen LogP contribution in [0.4, 0.5) is 5.69 Å². The molecule has 0 unspecified atom stereocenters. The average Bonchev–Trinajstić information content (AvgIpc) is 3.17. The second-order valence-electron chi connectivity index (χ2n) is 6.13. The highest BCUT2D eigenvalue weighted by Gasteiger charge is 2.39. The van der Waals surface area contributed by atoms with Gasteiger partial charge in [0, 0.05) is 6.54 Å². The van der Waals surface area contributed by atoms with Crippen molar-refractivity contribution in [2.75, 3.05) is 18.2 Å². The molecular weight excluding hydrogens is 376 g/mol. The number of ether oxygens (including phenoxy) is 2. The smallest absolute Gasteiger partial charge is 0.270 e. The SMILES string of the molecule is C=CCN1C(=O)/C(=C\c2ccc3c(c2)OCO3)C(=O)N(c2ccccc2)C1=S. The molecule has 7 heteroatoms. The summed E-state index contributed by atoms with van der Waals surface area (Å²) in [6, 6.07) is 14.2. The molecule has 6 nitrogen and oxygen atoms in total. The molecule has 2 heterocycles. The van der Waals surface area contributed by atoms with Crippen LogP contribution in [-0.4, -0.2) is 35.2 Å². The highest BCUT2D eigenvalue weighted by atomic mass is 32.1. The molecule has 140 valence electrons. The molecule has 2 aliphatic rings. The molecule has 0 aromatic heterocycles. The zero-order valence-corrected chi connectivity index (χ0v) is 15.6. The third-order valence-corrected chi connectivity index (χ3v) is 4.77. The number of carbonyl (C=O) groups is 2. The Labute approximate surface area is 167 Å². The van der Waals surface area contributed by atoms with Crippen LogP contribution in [0.25, 0.3) is 6.08 Å². The number of hydrogen-bond acceptors (Lipinski definition) is 5. The summed E-state index contributed by atoms with van der Waals surface area (Å²) >= 11 is 5.43. The minimum absolute atomic E-state index is 0.0122. The summed E-state index contributed by atoms with van der Waals surface area (Å²) in [6.45, 7) is 4.03. The number of carbonyl (C=O) groups excluding carboxylic acids is 2. The Morgan fingerprint density at radius 3 is 2.54 bits per heavy atom. The first-order valence-corrected chi connectivity index (χ1v) is 8.98. The van der Waals surface area contributed by atoms with Crippen molar-refractivity contribution in [2.24, 2.45) is 0 Å². The second-order valence-corrected chi connectivity index (χ2v) is 6.50. The van der Waals surface area contributed by atoms with Crippen molar-refractivity contribution >= 4 is 40.9 Å². The highest BCUT2D eigenvalue weighted by Crippen LogP contribution is 2.34. The van der Waals surface area contributed by atoms with Crippen molar-refractivity contribution in [3.63, 3.8) is 0 Å². The molecule has 0 spiro atoms. The molecule has 2 aromatic rings. The number of para-hydroxylation sites is 1. The lowest BCUT2D eigenvalue weighted by atomic mass is 10.1. The molecule has 1 fully saturated rings. The van der Waals surface area contributed by atoms with Crippen molar-refractivity contribution in [1.82, 2.24) is 4.90 Å². The minimum atomic E-state index is -0.473. The molecule has 2 amide bonds. The summed E-state index contributed by atoms with van der Waals surface area (Å²) in [5.41, 5.74) is 1.26. The van der Waals surface area contributed by atoms with Crippen LogP contribution in [0.15, 0.2) is 66.8 Å². The monoisotopic (exact) mass is 392 g/mol. The van der Waals surface area contributed by atoms with Crippen molar-refractivity contribution in [3.8, 4) is 11.5 Å². The second kappa shape index (κ2) is 7.28. The van der Waals surface area contributed by atoms with Crippen molar-refractivity contribution < 1.29 is 19.1 Å². The fourth-order valence-electron chi connectivity index (χ4n) is 3.04. The first-order chi connectivity index (χ1) is 13.6. The molecule has 4 rings (SSSR count). The first kappa shape index (κ1) is 17.9. The van der Waals surface area contributed by atoms with Gasteiger partial charge in [-0.2, -0.15) is 0 Å². The van der Waals surface area contributed by atoms with Gasteiger partial charge < -0.3 is 9.47 Å². The van der Waals surface area contributed by atoms with Gasteiger partial charge in [-0.1, -0.05) is 30.3 Å². The third-order valence-electron chi connectivity index (χ3n) is 4.36. The molecule has 0 bridgehead atoms. The molecule has 1 saturated heterocycles. The van der Waals surface area contributed by atoms with E-state index in [0.717, 1.165) is 0 Å². The van der Waals surface area contributed by atoms with Gasteiger partial charge in [0.25, 0.3) is 11.8 Å². The lowest BCUT2D eigenvalue weighted by Crippen LogP contribution is -2.56. The summed E-state index contributed by atoms with van der Waals surface area (Å²) in [5, 5.41) is 0.129. The number of thiocarbonyl (C=S) groups is 1. The summed E-state index contributed by atoms with van der Waals surface area (Å²) in [4.78, 5) is 28.9. The van der Waals surface area contributed by atoms with E-state index >= 15 is 0 Å². The number of amides is 2. The Morgan fingerprint density at radius 2 is 1.79 bits per heavy atom. The molecule has 0 aliphatic carbocycles. The van der Waals surface area contributed by atoms with Crippen LogP contribution in [-0.2, 0) is 9.59 Å². The molecule has 2 aromatic carbocycles. The topological polar surface area (TPSA) is 59.1 Å². The molecule has 28 heavy (non-hydrogen) atoms. The predicted octanol–water partition coefficient (Wildman–Crippen LogP) is 3.15. The van der Waals surface area contributed by atoms with Crippen LogP contribution in [0.1, 0.15) is 5.56 Å². The molecule has 2 aliphatic heterocycles. The van der Waals surface area contributed by atoms with Crippen LogP contribution in [0.3, 0.4) is 0 Å². The lowest BCUT2D eigenvalue weighted by molar-refractivity contribution is -0.127. The van der Waals surface area contributed by atoms with Gasteiger partial charge in [0.1, 0.15) is 5.57 Å². The van der Waals surface area contributed by atoms with Gasteiger partial charge in [0.05, 0.1) is 5.69 Å². The number of fused-ring (bicyclic) bond motifs is 1. The maximum absolute atomic E-state index is 13.2. The van der Waals surface area contributed by atoms with E-state index in [-0.39, 0.29) is 24.0 Å². The van der Waals surface area contributed by atoms with Crippen LogP contribution in [0, 0.1) is 0 Å². The van der Waals surface area contributed by atoms with Crippen LogP contribution >= 0.6 is 12.2 Å². The van der Waals surface area contributed by atoms with Crippen LogP contribution in [0.5, 0.6) is 11.5 Å². The van der Waals surface area contributed by atoms with Gasteiger partial charge in [-0.05, 0) is 48.1 Å². The third kappa shape index (κ3) is 3.05. The van der Waals surface area contributed by atoms with Crippen LogP contribution in [0.2, 0.25) is 0 Å². The van der Waals surface area contributed by atoms with E-state index in [0.29, 0.717) is 22.7 Å². The zero-order valence-electron chi connectivity index (χ0n) is 14.8. The Bertz CT molecular complexity index is 1020. The number of rotatable bonds is 4. The number of nitrogens with zero attached hydrogens (tertiary/aromatic N) is 2. The van der Waals surface area contributed by atoms with E-state index in [4.69, 9.17) is 21.7 Å². The number of hydrogen-bond donors (Lipinski definition) is 0. The summed E-state index contributed by atoms with van der Waals surface area (Å²) in [7, 11) is 0. The van der Waals surface area contributed by atoms with E-state index in [2.05, 4.69) is 6.58 Å². The van der Waals surface area contributed by atoms with Crippen molar-refractivity contribution in [2.45, 2.75) is 0 Å². The Hall–Kier alpha value is -3.45. The Kier molecular flexibility index (Phi) is 4.67. The minimum Gasteiger partial charge on any atom is -0.454 e. The lowest BCUT2D eigenvalue weighted by Gasteiger charge is -2.36. The van der Waals surface area contributed by atoms with Crippen LogP contribution < -0.4 is 14.4 Å². The van der Waals surface area contributed by atoms with E-state index in [1.165, 1.54) is 9.80 Å². The quantitative estimate of drug-likeness (QED) is 0.346. The molecule has 0 saturated carbocycles. The summed E-state index contributed by atoms with van der Waals surface area (Å²) in [6.07, 6.45) is 3.11. The average molecular weight is 392 g/mol. The van der Waals surface area contributed by atoms with Crippen molar-refractivity contribution in [3.05, 3.63) is 72.3 Å². The van der Waals surface area contributed by atoms with Gasteiger partial charge in [-0.3, -0.25) is 19.4 Å². The van der Waals surface area contributed by atoms with Crippen molar-refractivity contribution in [1.29, 1.82) is 0 Å². The van der Waals surface area contributed by atoms with Gasteiger partial charge in [0.15, 0.2) is 16.6 Å². The van der Waals surface area contributed by atoms with Gasteiger partial charge in [-0.25, -0.2) is 0 Å². The summed E-state index contributed by atoms with van der Waals surface area (Å²) in [5.74, 6) is 0.270. The zero-order chi connectivity index (χ0) is 19.7. The molecule has 0 radical (unpaired) electrons. The fraction of sp³-hybridized carbons (Fsp3) is 0.0952. The van der Waals surface area contributed by atoms with Gasteiger partial charge >= 0.3 is 0 Å². The fourth-order valence-corrected chi connectivity index (χ4v) is 3.39. The van der Waals surface area contributed by atoms with Gasteiger partial charge in [0.2, 0.25) is 6.79 Å². The van der Waals surface area contributed by atoms with Gasteiger partial charge in [-0.15, -0.1) is 6.58 Å². The Balaban J connectivity index is 1.78. The number of benzene rings is 2. The van der Waals surface area contributed by atoms with E-state index in [1.807, 2.05) is 6.07 Å². The van der Waals surface area contributed by atoms with E-state index in [9.17, 15) is 9.59 Å².